The average molecular weight is 379 g/mol. The Morgan fingerprint density at radius 1 is 1.21 bits per heavy atom. The van der Waals surface area contributed by atoms with Crippen molar-refractivity contribution in [1.82, 2.24) is 9.80 Å². The molecule has 0 bridgehead atoms. The first-order valence-electron chi connectivity index (χ1n) is 7.10. The van der Waals surface area contributed by atoms with E-state index in [-0.39, 0.29) is 12.5 Å². The van der Waals surface area contributed by atoms with Crippen molar-refractivity contribution in [2.75, 3.05) is 13.6 Å². The van der Waals surface area contributed by atoms with Gasteiger partial charge in [-0.1, -0.05) is 12.1 Å². The fourth-order valence-corrected chi connectivity index (χ4v) is 4.44. The predicted molar refractivity (Wildman–Crippen MR) is 97.8 cm³/mol. The van der Waals surface area contributed by atoms with Crippen LogP contribution in [0.15, 0.2) is 39.9 Å². The van der Waals surface area contributed by atoms with Crippen molar-refractivity contribution in [3.63, 3.8) is 0 Å². The van der Waals surface area contributed by atoms with Crippen molar-refractivity contribution in [1.29, 1.82) is 0 Å². The van der Waals surface area contributed by atoms with Crippen molar-refractivity contribution in [3.8, 4) is 0 Å². The summed E-state index contributed by atoms with van der Waals surface area (Å²) in [5.74, 6) is -0.667. The van der Waals surface area contributed by atoms with Gasteiger partial charge in [0, 0.05) is 16.8 Å². The minimum absolute atomic E-state index is 0.228. The third kappa shape index (κ3) is 3.77. The Morgan fingerprint density at radius 2 is 1.96 bits per heavy atom. The molecule has 1 aliphatic heterocycles. The van der Waals surface area contributed by atoms with E-state index in [1.165, 1.54) is 16.2 Å². The van der Waals surface area contributed by atoms with Gasteiger partial charge in [-0.05, 0) is 40.7 Å². The van der Waals surface area contributed by atoms with Gasteiger partial charge < -0.3 is 4.90 Å². The molecule has 1 saturated heterocycles. The number of likely N-dealkylation sites (N-methyl/N-ethyl adjacent to an activating group) is 1. The van der Waals surface area contributed by atoms with Crippen molar-refractivity contribution in [2.24, 2.45) is 0 Å². The summed E-state index contributed by atoms with van der Waals surface area (Å²) >= 11 is 3.93. The van der Waals surface area contributed by atoms with Crippen LogP contribution >= 0.6 is 34.4 Å². The lowest BCUT2D eigenvalue weighted by molar-refractivity contribution is -0.135. The highest BCUT2D eigenvalue weighted by molar-refractivity contribution is 8.18. The van der Waals surface area contributed by atoms with E-state index in [2.05, 4.69) is 0 Å². The fraction of sp³-hybridized carbons (Fsp3) is 0.188. The van der Waals surface area contributed by atoms with Crippen LogP contribution < -0.4 is 0 Å². The summed E-state index contributed by atoms with van der Waals surface area (Å²) in [5.41, 5.74) is 0. The average Bonchev–Trinajstić information content (AvgIpc) is 3.28. The molecule has 0 aromatic carbocycles. The normalized spacial score (nSPS) is 16.2. The van der Waals surface area contributed by atoms with E-state index in [0.29, 0.717) is 11.4 Å². The number of imide groups is 1. The van der Waals surface area contributed by atoms with Crippen LogP contribution in [-0.2, 0) is 16.1 Å². The van der Waals surface area contributed by atoms with Crippen LogP contribution in [0.2, 0.25) is 0 Å². The number of amides is 3. The maximum atomic E-state index is 12.4. The van der Waals surface area contributed by atoms with Crippen molar-refractivity contribution >= 4 is 57.6 Å². The number of rotatable bonds is 5. The van der Waals surface area contributed by atoms with Crippen molar-refractivity contribution in [3.05, 3.63) is 49.7 Å². The lowest BCUT2D eigenvalue weighted by Crippen LogP contribution is -2.40. The summed E-state index contributed by atoms with van der Waals surface area (Å²) < 4.78 is 0. The van der Waals surface area contributed by atoms with Crippen LogP contribution in [0.3, 0.4) is 0 Å². The molecule has 0 atom stereocenters. The molecule has 8 heteroatoms. The van der Waals surface area contributed by atoms with Gasteiger partial charge in [0.2, 0.25) is 5.91 Å². The minimum Gasteiger partial charge on any atom is -0.339 e. The molecule has 5 nitrogen and oxygen atoms in total. The first-order valence-corrected chi connectivity index (χ1v) is 9.67. The van der Waals surface area contributed by atoms with Gasteiger partial charge in [0.15, 0.2) is 0 Å². The van der Waals surface area contributed by atoms with Gasteiger partial charge in [-0.2, -0.15) is 0 Å². The monoisotopic (exact) mass is 378 g/mol. The topological polar surface area (TPSA) is 57.7 Å². The molecule has 3 amide bonds. The van der Waals surface area contributed by atoms with Crippen LogP contribution in [0.4, 0.5) is 4.79 Å². The molecule has 1 fully saturated rings. The van der Waals surface area contributed by atoms with Gasteiger partial charge >= 0.3 is 0 Å². The zero-order valence-corrected chi connectivity index (χ0v) is 15.2. The fourth-order valence-electron chi connectivity index (χ4n) is 2.12. The molecule has 0 N–H and O–H groups in total. The molecule has 0 spiro atoms. The number of carbonyl (C=O) groups excluding carboxylic acids is 3. The zero-order chi connectivity index (χ0) is 17.1. The molecule has 0 aliphatic carbocycles. The van der Waals surface area contributed by atoms with E-state index in [9.17, 15) is 14.4 Å². The standard InChI is InChI=1S/C16H14N2O3S3/c1-17(9-12-5-3-7-23-12)14(19)10-18-15(20)13(24-16(18)21)8-11-4-2-6-22-11/h2-8H,9-10H2,1H3/b13-8-. The molecule has 24 heavy (non-hydrogen) atoms. The summed E-state index contributed by atoms with van der Waals surface area (Å²) in [4.78, 5) is 41.6. The summed E-state index contributed by atoms with van der Waals surface area (Å²) in [6.45, 7) is 0.242. The third-order valence-electron chi connectivity index (χ3n) is 3.38. The van der Waals surface area contributed by atoms with E-state index in [4.69, 9.17) is 0 Å². The van der Waals surface area contributed by atoms with Gasteiger partial charge in [-0.25, -0.2) is 0 Å². The molecule has 0 radical (unpaired) electrons. The van der Waals surface area contributed by atoms with Gasteiger partial charge in [0.25, 0.3) is 11.1 Å². The van der Waals surface area contributed by atoms with Crippen LogP contribution in [0.1, 0.15) is 9.75 Å². The van der Waals surface area contributed by atoms with Gasteiger partial charge in [-0.15, -0.1) is 22.7 Å². The Hall–Kier alpha value is -1.90. The van der Waals surface area contributed by atoms with E-state index in [1.54, 1.807) is 24.5 Å². The van der Waals surface area contributed by atoms with Crippen molar-refractivity contribution in [2.45, 2.75) is 6.54 Å². The largest absolute Gasteiger partial charge is 0.339 e. The maximum absolute atomic E-state index is 12.4. The molecule has 124 valence electrons. The molecule has 2 aromatic heterocycles. The Balaban J connectivity index is 1.65. The number of carbonyl (C=O) groups is 3. The van der Waals surface area contributed by atoms with E-state index in [1.807, 2.05) is 35.0 Å². The minimum atomic E-state index is -0.406. The summed E-state index contributed by atoms with van der Waals surface area (Å²) in [6, 6.07) is 7.62. The summed E-state index contributed by atoms with van der Waals surface area (Å²) in [6.07, 6.45) is 1.69. The summed E-state index contributed by atoms with van der Waals surface area (Å²) in [7, 11) is 1.67. The predicted octanol–water partition coefficient (Wildman–Crippen LogP) is 3.50. The smallest absolute Gasteiger partial charge is 0.294 e. The maximum Gasteiger partial charge on any atom is 0.294 e. The number of hydrogen-bond donors (Lipinski definition) is 0. The third-order valence-corrected chi connectivity index (χ3v) is 5.97. The second-order valence-corrected chi connectivity index (χ2v) is 8.12. The molecule has 3 rings (SSSR count). The Kier molecular flexibility index (Phi) is 5.17. The highest BCUT2D eigenvalue weighted by Crippen LogP contribution is 2.32. The van der Waals surface area contributed by atoms with Crippen LogP contribution in [0.25, 0.3) is 6.08 Å². The van der Waals surface area contributed by atoms with E-state index in [0.717, 1.165) is 26.4 Å². The van der Waals surface area contributed by atoms with E-state index >= 15 is 0 Å². The molecule has 0 unspecified atom stereocenters. The van der Waals surface area contributed by atoms with Gasteiger partial charge in [0.05, 0.1) is 11.4 Å². The van der Waals surface area contributed by atoms with Crippen molar-refractivity contribution < 1.29 is 14.4 Å². The second-order valence-electron chi connectivity index (χ2n) is 5.11. The van der Waals surface area contributed by atoms with Crippen LogP contribution in [-0.4, -0.2) is 40.4 Å². The number of thiophene rings is 2. The first-order chi connectivity index (χ1) is 11.5. The second kappa shape index (κ2) is 7.33. The van der Waals surface area contributed by atoms with Crippen LogP contribution in [0, 0.1) is 0 Å². The Labute approximate surface area is 151 Å². The highest BCUT2D eigenvalue weighted by atomic mass is 32.2. The lowest BCUT2D eigenvalue weighted by Gasteiger charge is -2.19. The number of thioether (sulfide) groups is 1. The molecule has 1 aliphatic rings. The Bertz CT molecular complexity index is 782. The number of hydrogen-bond acceptors (Lipinski definition) is 6. The quantitative estimate of drug-likeness (QED) is 0.747. The molecular formula is C16H14N2O3S3. The molecule has 3 heterocycles. The molecular weight excluding hydrogens is 364 g/mol. The van der Waals surface area contributed by atoms with Gasteiger partial charge in [0.1, 0.15) is 6.54 Å². The zero-order valence-electron chi connectivity index (χ0n) is 12.8. The lowest BCUT2D eigenvalue weighted by atomic mass is 10.3. The summed E-state index contributed by atoms with van der Waals surface area (Å²) in [5, 5.41) is 3.44. The van der Waals surface area contributed by atoms with Crippen LogP contribution in [0.5, 0.6) is 0 Å². The Morgan fingerprint density at radius 3 is 2.62 bits per heavy atom. The van der Waals surface area contributed by atoms with Gasteiger partial charge in [-0.3, -0.25) is 19.3 Å². The highest BCUT2D eigenvalue weighted by Gasteiger charge is 2.36. The first kappa shape index (κ1) is 16.9. The number of nitrogens with zero attached hydrogens (tertiary/aromatic N) is 2. The molecule has 2 aromatic rings. The SMILES string of the molecule is CN(Cc1cccs1)C(=O)CN1C(=O)S/C(=C\c2cccs2)C1=O. The molecule has 0 saturated carbocycles. The van der Waals surface area contributed by atoms with E-state index < -0.39 is 11.1 Å².